The van der Waals surface area contributed by atoms with Crippen molar-refractivity contribution in [1.29, 1.82) is 0 Å². The largest absolute Gasteiger partial charge is 0.372 e. The number of likely N-dealkylation sites (tertiary alicyclic amines) is 1. The van der Waals surface area contributed by atoms with E-state index in [0.717, 1.165) is 44.0 Å². The number of carbonyl (C=O) groups is 1. The number of fused-ring (bicyclic) bond motifs is 1. The van der Waals surface area contributed by atoms with E-state index in [-0.39, 0.29) is 5.91 Å². The molecule has 0 aromatic heterocycles. The highest BCUT2D eigenvalue weighted by Gasteiger charge is 2.24. The highest BCUT2D eigenvalue weighted by molar-refractivity contribution is 5.94. The molecule has 1 aromatic carbocycles. The van der Waals surface area contributed by atoms with Crippen molar-refractivity contribution < 1.29 is 9.53 Å². The molecular formula is C17H24N2O2. The van der Waals surface area contributed by atoms with Gasteiger partial charge in [0.25, 0.3) is 5.91 Å². The summed E-state index contributed by atoms with van der Waals surface area (Å²) in [5.74, 6) is 0.937. The van der Waals surface area contributed by atoms with Crippen LogP contribution in [0.5, 0.6) is 0 Å². The van der Waals surface area contributed by atoms with Gasteiger partial charge in [0.15, 0.2) is 0 Å². The summed E-state index contributed by atoms with van der Waals surface area (Å²) in [6, 6.07) is 6.00. The van der Waals surface area contributed by atoms with Gasteiger partial charge in [-0.15, -0.1) is 0 Å². The first-order valence-electron chi connectivity index (χ1n) is 7.91. The first kappa shape index (κ1) is 14.5. The molecule has 2 aliphatic heterocycles. The van der Waals surface area contributed by atoms with Gasteiger partial charge in [0, 0.05) is 18.7 Å². The highest BCUT2D eigenvalue weighted by Crippen LogP contribution is 2.24. The molecule has 114 valence electrons. The second kappa shape index (κ2) is 6.58. The van der Waals surface area contributed by atoms with Crippen LogP contribution in [0, 0.1) is 5.92 Å². The summed E-state index contributed by atoms with van der Waals surface area (Å²) in [6.45, 7) is 4.17. The predicted octanol–water partition coefficient (Wildman–Crippen LogP) is 2.18. The van der Waals surface area contributed by atoms with Gasteiger partial charge < -0.3 is 15.0 Å². The fourth-order valence-electron chi connectivity index (χ4n) is 3.26. The number of hydrogen-bond acceptors (Lipinski definition) is 3. The molecule has 0 bridgehead atoms. The number of amides is 1. The van der Waals surface area contributed by atoms with Gasteiger partial charge in [-0.2, -0.15) is 0 Å². The Hall–Kier alpha value is -1.39. The van der Waals surface area contributed by atoms with E-state index in [0.29, 0.717) is 13.2 Å². The van der Waals surface area contributed by atoms with Crippen molar-refractivity contribution in [2.75, 3.05) is 26.7 Å². The molecule has 1 fully saturated rings. The number of piperidine rings is 1. The van der Waals surface area contributed by atoms with Crippen molar-refractivity contribution in [3.63, 3.8) is 0 Å². The average Bonchev–Trinajstić information content (AvgIpc) is 3.00. The minimum atomic E-state index is 0.178. The van der Waals surface area contributed by atoms with Gasteiger partial charge >= 0.3 is 0 Å². The van der Waals surface area contributed by atoms with Crippen molar-refractivity contribution in [2.45, 2.75) is 32.5 Å². The molecule has 3 rings (SSSR count). The zero-order valence-electron chi connectivity index (χ0n) is 12.7. The SMILES string of the molecule is CNCCC1CCN(C(=O)c2ccc3c(c2)COC3)CC1. The maximum absolute atomic E-state index is 12.6. The van der Waals surface area contributed by atoms with Gasteiger partial charge in [0.2, 0.25) is 0 Å². The minimum absolute atomic E-state index is 0.178. The number of rotatable bonds is 4. The van der Waals surface area contributed by atoms with Gasteiger partial charge in [0.1, 0.15) is 0 Å². The van der Waals surface area contributed by atoms with E-state index in [9.17, 15) is 4.79 Å². The summed E-state index contributed by atoms with van der Waals surface area (Å²) >= 11 is 0. The van der Waals surface area contributed by atoms with Crippen molar-refractivity contribution in [2.24, 2.45) is 5.92 Å². The average molecular weight is 288 g/mol. The van der Waals surface area contributed by atoms with Crippen LogP contribution in [0.25, 0.3) is 0 Å². The Morgan fingerprint density at radius 2 is 2.05 bits per heavy atom. The topological polar surface area (TPSA) is 41.6 Å². The summed E-state index contributed by atoms with van der Waals surface area (Å²) < 4.78 is 5.42. The molecule has 0 spiro atoms. The smallest absolute Gasteiger partial charge is 0.253 e. The first-order chi connectivity index (χ1) is 10.3. The summed E-state index contributed by atoms with van der Waals surface area (Å²) in [5.41, 5.74) is 3.20. The molecule has 1 amide bonds. The van der Waals surface area contributed by atoms with E-state index in [1.54, 1.807) is 0 Å². The van der Waals surface area contributed by atoms with E-state index < -0.39 is 0 Å². The van der Waals surface area contributed by atoms with Crippen molar-refractivity contribution in [3.8, 4) is 0 Å². The molecule has 0 unspecified atom stereocenters. The Morgan fingerprint density at radius 3 is 2.81 bits per heavy atom. The summed E-state index contributed by atoms with van der Waals surface area (Å²) in [6.07, 6.45) is 3.47. The number of nitrogens with zero attached hydrogens (tertiary/aromatic N) is 1. The molecule has 1 N–H and O–H groups in total. The van der Waals surface area contributed by atoms with Gasteiger partial charge in [-0.3, -0.25) is 4.79 Å². The van der Waals surface area contributed by atoms with Crippen LogP contribution >= 0.6 is 0 Å². The third-order valence-electron chi connectivity index (χ3n) is 4.67. The predicted molar refractivity (Wildman–Crippen MR) is 82.1 cm³/mol. The number of benzene rings is 1. The molecule has 2 heterocycles. The van der Waals surface area contributed by atoms with Crippen LogP contribution in [0.3, 0.4) is 0 Å². The molecule has 0 saturated carbocycles. The Balaban J connectivity index is 1.59. The lowest BCUT2D eigenvalue weighted by Crippen LogP contribution is -2.39. The van der Waals surface area contributed by atoms with Gasteiger partial charge in [-0.1, -0.05) is 6.07 Å². The number of nitrogens with one attached hydrogen (secondary N) is 1. The molecule has 4 heteroatoms. The second-order valence-corrected chi connectivity index (χ2v) is 6.10. The normalized spacial score (nSPS) is 18.8. The van der Waals surface area contributed by atoms with Crippen LogP contribution in [0.4, 0.5) is 0 Å². The summed E-state index contributed by atoms with van der Waals surface area (Å²) in [5, 5.41) is 3.21. The number of hydrogen-bond donors (Lipinski definition) is 1. The van der Waals surface area contributed by atoms with E-state index in [1.165, 1.54) is 17.5 Å². The zero-order chi connectivity index (χ0) is 14.7. The molecule has 0 aliphatic carbocycles. The Kier molecular flexibility index (Phi) is 4.56. The lowest BCUT2D eigenvalue weighted by Gasteiger charge is -2.32. The third-order valence-corrected chi connectivity index (χ3v) is 4.67. The number of ether oxygens (including phenoxy) is 1. The fourth-order valence-corrected chi connectivity index (χ4v) is 3.26. The van der Waals surface area contributed by atoms with E-state index in [1.807, 2.05) is 30.1 Å². The minimum Gasteiger partial charge on any atom is -0.372 e. The quantitative estimate of drug-likeness (QED) is 0.923. The molecular weight excluding hydrogens is 264 g/mol. The lowest BCUT2D eigenvalue weighted by molar-refractivity contribution is 0.0687. The Morgan fingerprint density at radius 1 is 1.29 bits per heavy atom. The van der Waals surface area contributed by atoms with Crippen molar-refractivity contribution in [1.82, 2.24) is 10.2 Å². The summed E-state index contributed by atoms with van der Waals surface area (Å²) in [4.78, 5) is 14.6. The van der Waals surface area contributed by atoms with Gasteiger partial charge in [-0.05, 0) is 62.0 Å². The molecule has 4 nitrogen and oxygen atoms in total. The lowest BCUT2D eigenvalue weighted by atomic mass is 9.93. The van der Waals surface area contributed by atoms with Gasteiger partial charge in [-0.25, -0.2) is 0 Å². The number of carbonyl (C=O) groups excluding carboxylic acids is 1. The first-order valence-corrected chi connectivity index (χ1v) is 7.91. The van der Waals surface area contributed by atoms with E-state index in [2.05, 4.69) is 5.32 Å². The molecule has 1 saturated heterocycles. The van der Waals surface area contributed by atoms with Crippen molar-refractivity contribution in [3.05, 3.63) is 34.9 Å². The van der Waals surface area contributed by atoms with Crippen molar-refractivity contribution >= 4 is 5.91 Å². The van der Waals surface area contributed by atoms with E-state index in [4.69, 9.17) is 4.74 Å². The molecule has 1 aromatic rings. The van der Waals surface area contributed by atoms with E-state index >= 15 is 0 Å². The molecule has 21 heavy (non-hydrogen) atoms. The van der Waals surface area contributed by atoms with Crippen LogP contribution in [0.15, 0.2) is 18.2 Å². The van der Waals surface area contributed by atoms with Crippen LogP contribution in [-0.2, 0) is 18.0 Å². The highest BCUT2D eigenvalue weighted by atomic mass is 16.5. The Labute approximate surface area is 126 Å². The monoisotopic (exact) mass is 288 g/mol. The molecule has 2 aliphatic rings. The van der Waals surface area contributed by atoms with Crippen LogP contribution in [-0.4, -0.2) is 37.5 Å². The molecule has 0 radical (unpaired) electrons. The standard InChI is InChI=1S/C17H24N2O2/c1-18-7-4-13-5-8-19(9-6-13)17(20)14-2-3-15-11-21-12-16(15)10-14/h2-3,10,13,18H,4-9,11-12H2,1H3. The second-order valence-electron chi connectivity index (χ2n) is 6.10. The van der Waals surface area contributed by atoms with Gasteiger partial charge in [0.05, 0.1) is 13.2 Å². The van der Waals surface area contributed by atoms with Crippen LogP contribution < -0.4 is 5.32 Å². The van der Waals surface area contributed by atoms with Crippen LogP contribution in [0.2, 0.25) is 0 Å². The zero-order valence-corrected chi connectivity index (χ0v) is 12.7. The Bertz CT molecular complexity index is 508. The maximum Gasteiger partial charge on any atom is 0.253 e. The molecule has 0 atom stereocenters. The summed E-state index contributed by atoms with van der Waals surface area (Å²) in [7, 11) is 2.00. The maximum atomic E-state index is 12.6. The van der Waals surface area contributed by atoms with Crippen LogP contribution in [0.1, 0.15) is 40.7 Å². The fraction of sp³-hybridized carbons (Fsp3) is 0.588. The third kappa shape index (κ3) is 3.27.